The van der Waals surface area contributed by atoms with Gasteiger partial charge in [0, 0.05) is 17.5 Å². The fraction of sp³-hybridized carbons (Fsp3) is 0.300. The van der Waals surface area contributed by atoms with E-state index in [4.69, 9.17) is 0 Å². The monoisotopic (exact) mass is 442 g/mol. The molecule has 2 aromatic carbocycles. The summed E-state index contributed by atoms with van der Waals surface area (Å²) in [6, 6.07) is 2.25. The normalized spacial score (nSPS) is 12.7. The highest BCUT2D eigenvalue weighted by Crippen LogP contribution is 2.31. The third-order valence-corrected chi connectivity index (χ3v) is 4.04. The van der Waals surface area contributed by atoms with Crippen LogP contribution in [0.25, 0.3) is 5.83 Å². The van der Waals surface area contributed by atoms with Crippen LogP contribution in [0.15, 0.2) is 30.1 Å². The zero-order valence-corrected chi connectivity index (χ0v) is 15.4. The van der Waals surface area contributed by atoms with E-state index in [-0.39, 0.29) is 24.8 Å². The Balaban J connectivity index is 2.23. The van der Waals surface area contributed by atoms with E-state index < -0.39 is 64.6 Å². The van der Waals surface area contributed by atoms with Crippen molar-refractivity contribution in [2.24, 2.45) is 0 Å². The summed E-state index contributed by atoms with van der Waals surface area (Å²) < 4.78 is 123. The lowest BCUT2D eigenvalue weighted by molar-refractivity contribution is -0.276. The predicted octanol–water partition coefficient (Wildman–Crippen LogP) is 7.33. The van der Waals surface area contributed by atoms with E-state index in [2.05, 4.69) is 4.74 Å². The fourth-order valence-electron chi connectivity index (χ4n) is 2.69. The lowest BCUT2D eigenvalue weighted by atomic mass is 10.0. The predicted molar refractivity (Wildman–Crippen MR) is 90.9 cm³/mol. The molecule has 10 heteroatoms. The van der Waals surface area contributed by atoms with Crippen molar-refractivity contribution >= 4 is 5.83 Å². The Labute approximate surface area is 165 Å². The summed E-state index contributed by atoms with van der Waals surface area (Å²) >= 11 is 0. The maximum atomic E-state index is 14.2. The van der Waals surface area contributed by atoms with Gasteiger partial charge in [0.2, 0.25) is 5.75 Å². The van der Waals surface area contributed by atoms with Gasteiger partial charge in [-0.15, -0.1) is 13.2 Å². The van der Waals surface area contributed by atoms with Crippen LogP contribution in [0.3, 0.4) is 0 Å². The van der Waals surface area contributed by atoms with Crippen LogP contribution in [0.2, 0.25) is 0 Å². The first-order valence-electron chi connectivity index (χ1n) is 8.69. The van der Waals surface area contributed by atoms with Gasteiger partial charge in [-0.05, 0) is 49.1 Å². The van der Waals surface area contributed by atoms with Crippen LogP contribution in [-0.2, 0) is 12.8 Å². The molecule has 0 unspecified atom stereocenters. The molecule has 0 spiro atoms. The summed E-state index contributed by atoms with van der Waals surface area (Å²) in [5.74, 6) is -9.90. The van der Waals surface area contributed by atoms with Crippen LogP contribution in [0.4, 0.5) is 39.5 Å². The van der Waals surface area contributed by atoms with E-state index in [1.807, 2.05) is 0 Å². The van der Waals surface area contributed by atoms with E-state index in [1.54, 1.807) is 6.92 Å². The molecule has 0 fully saturated rings. The van der Waals surface area contributed by atoms with Crippen molar-refractivity contribution in [1.29, 1.82) is 0 Å². The molecule has 0 aliphatic carbocycles. The second-order valence-electron chi connectivity index (χ2n) is 6.32. The maximum Gasteiger partial charge on any atom is 0.573 e. The molecule has 1 nitrogen and oxygen atoms in total. The molecule has 2 aromatic rings. The van der Waals surface area contributed by atoms with Crippen molar-refractivity contribution in [3.8, 4) is 5.75 Å². The van der Waals surface area contributed by atoms with E-state index in [1.165, 1.54) is 0 Å². The molecular weight excluding hydrogens is 427 g/mol. The number of hydrogen-bond acceptors (Lipinski definition) is 1. The molecule has 0 aromatic heterocycles. The Bertz CT molecular complexity index is 902. The summed E-state index contributed by atoms with van der Waals surface area (Å²) in [7, 11) is 0. The van der Waals surface area contributed by atoms with Gasteiger partial charge in [-0.3, -0.25) is 0 Å². The molecule has 0 amide bonds. The summed E-state index contributed by atoms with van der Waals surface area (Å²) in [6.45, 7) is 1.59. The van der Waals surface area contributed by atoms with Gasteiger partial charge in [0.1, 0.15) is 17.5 Å². The summed E-state index contributed by atoms with van der Waals surface area (Å²) in [5, 5.41) is 0. The van der Waals surface area contributed by atoms with Gasteiger partial charge in [0.15, 0.2) is 17.5 Å². The Morgan fingerprint density at radius 3 is 1.83 bits per heavy atom. The van der Waals surface area contributed by atoms with E-state index in [0.29, 0.717) is 24.3 Å². The average molecular weight is 442 g/mol. The lowest BCUT2D eigenvalue weighted by Gasteiger charge is -2.12. The lowest BCUT2D eigenvalue weighted by Crippen LogP contribution is -2.19. The molecule has 0 atom stereocenters. The van der Waals surface area contributed by atoms with Crippen molar-refractivity contribution in [3.05, 3.63) is 70.1 Å². The molecule has 0 aliphatic rings. The zero-order chi connectivity index (χ0) is 22.6. The summed E-state index contributed by atoms with van der Waals surface area (Å²) in [6.07, 6.45) is -6.07. The molecule has 0 N–H and O–H groups in total. The molecule has 0 bridgehead atoms. The van der Waals surface area contributed by atoms with Crippen LogP contribution in [0.5, 0.6) is 5.75 Å². The Morgan fingerprint density at radius 1 is 0.833 bits per heavy atom. The number of rotatable bonds is 7. The van der Waals surface area contributed by atoms with E-state index in [0.717, 1.165) is 0 Å². The molecule has 0 saturated carbocycles. The second-order valence-corrected chi connectivity index (χ2v) is 6.32. The number of aryl methyl sites for hydroxylation is 1. The standard InChI is InChI=1S/C20H15F9O/c1-2-3-13(21)18(26)11-8-14(22)12(15(23)9-11)5-4-10-6-16(24)19(17(25)7-10)30-20(27,28)29/h6-9H,2-5H2,1H3/b18-13-. The zero-order valence-electron chi connectivity index (χ0n) is 15.4. The third kappa shape index (κ3) is 5.93. The number of allylic oxidation sites excluding steroid dienone is 1. The molecule has 2 rings (SSSR count). The van der Waals surface area contributed by atoms with Gasteiger partial charge in [-0.2, -0.15) is 0 Å². The highest BCUT2D eigenvalue weighted by Gasteiger charge is 2.34. The quantitative estimate of drug-likeness (QED) is 0.408. The van der Waals surface area contributed by atoms with Crippen molar-refractivity contribution in [2.75, 3.05) is 0 Å². The molecular formula is C20H15F9O. The van der Waals surface area contributed by atoms with E-state index >= 15 is 0 Å². The first kappa shape index (κ1) is 23.6. The topological polar surface area (TPSA) is 9.23 Å². The molecule has 30 heavy (non-hydrogen) atoms. The van der Waals surface area contributed by atoms with Gasteiger partial charge in [-0.25, -0.2) is 26.3 Å². The van der Waals surface area contributed by atoms with Gasteiger partial charge < -0.3 is 4.74 Å². The Hall–Kier alpha value is -2.65. The van der Waals surface area contributed by atoms with Gasteiger partial charge in [0.05, 0.1) is 0 Å². The highest BCUT2D eigenvalue weighted by atomic mass is 19.4. The van der Waals surface area contributed by atoms with Gasteiger partial charge >= 0.3 is 6.36 Å². The second kappa shape index (κ2) is 9.44. The number of ether oxygens (including phenoxy) is 1. The minimum absolute atomic E-state index is 0.192. The van der Waals surface area contributed by atoms with Crippen molar-refractivity contribution in [2.45, 2.75) is 39.0 Å². The van der Waals surface area contributed by atoms with Crippen LogP contribution < -0.4 is 4.74 Å². The van der Waals surface area contributed by atoms with E-state index in [9.17, 15) is 39.5 Å². The van der Waals surface area contributed by atoms with Gasteiger partial charge in [0.25, 0.3) is 0 Å². The SMILES string of the molecule is CCC/C(F)=C(/F)c1cc(F)c(CCc2cc(F)c(OC(F)(F)F)c(F)c2)c(F)c1. The Morgan fingerprint density at radius 2 is 1.37 bits per heavy atom. The minimum atomic E-state index is -5.31. The first-order chi connectivity index (χ1) is 13.9. The third-order valence-electron chi connectivity index (χ3n) is 4.04. The largest absolute Gasteiger partial charge is 0.573 e. The number of alkyl halides is 3. The van der Waals surface area contributed by atoms with Crippen LogP contribution in [0, 0.1) is 23.3 Å². The summed E-state index contributed by atoms with van der Waals surface area (Å²) in [5.41, 5.74) is -1.38. The van der Waals surface area contributed by atoms with Crippen molar-refractivity contribution in [1.82, 2.24) is 0 Å². The number of benzene rings is 2. The number of halogens is 9. The average Bonchev–Trinajstić information content (AvgIpc) is 2.62. The van der Waals surface area contributed by atoms with Crippen LogP contribution in [-0.4, -0.2) is 6.36 Å². The van der Waals surface area contributed by atoms with Crippen molar-refractivity contribution < 1.29 is 44.3 Å². The first-order valence-corrected chi connectivity index (χ1v) is 8.69. The molecule has 0 radical (unpaired) electrons. The van der Waals surface area contributed by atoms with Gasteiger partial charge in [-0.1, -0.05) is 6.92 Å². The molecule has 0 saturated heterocycles. The fourth-order valence-corrected chi connectivity index (χ4v) is 2.69. The molecule has 0 heterocycles. The Kier molecular flexibility index (Phi) is 7.44. The van der Waals surface area contributed by atoms with Crippen LogP contribution >= 0.6 is 0 Å². The smallest absolute Gasteiger partial charge is 0.399 e. The number of hydrogen-bond donors (Lipinski definition) is 0. The van der Waals surface area contributed by atoms with Crippen LogP contribution in [0.1, 0.15) is 36.5 Å². The molecule has 164 valence electrons. The minimum Gasteiger partial charge on any atom is -0.399 e. The van der Waals surface area contributed by atoms with Crippen molar-refractivity contribution in [3.63, 3.8) is 0 Å². The maximum absolute atomic E-state index is 14.2. The summed E-state index contributed by atoms with van der Waals surface area (Å²) in [4.78, 5) is 0. The highest BCUT2D eigenvalue weighted by molar-refractivity contribution is 5.61. The molecule has 0 aliphatic heterocycles.